The third kappa shape index (κ3) is 1.26. The van der Waals surface area contributed by atoms with Gasteiger partial charge in [-0.15, -0.1) is 0 Å². The van der Waals surface area contributed by atoms with Crippen molar-refractivity contribution < 1.29 is 9.59 Å². The Morgan fingerprint density at radius 1 is 1.42 bits per heavy atom. The van der Waals surface area contributed by atoms with Gasteiger partial charge < -0.3 is 11.5 Å². The maximum atomic E-state index is 10.6. The topological polar surface area (TPSA) is 104 Å². The van der Waals surface area contributed by atoms with E-state index in [1.807, 2.05) is 0 Å². The van der Waals surface area contributed by atoms with Gasteiger partial charge in [-0.2, -0.15) is 5.10 Å². The average molecular weight is 167 g/mol. The van der Waals surface area contributed by atoms with Gasteiger partial charge in [0.25, 0.3) is 11.8 Å². The van der Waals surface area contributed by atoms with Crippen LogP contribution in [-0.2, 0) is 7.05 Å². The second-order valence-corrected chi connectivity index (χ2v) is 2.17. The largest absolute Gasteiger partial charge is 0.364 e. The summed E-state index contributed by atoms with van der Waals surface area (Å²) < 4.78 is 1.16. The van der Waals surface area contributed by atoms with Gasteiger partial charge in [-0.1, -0.05) is 0 Å². The first kappa shape index (κ1) is 8.25. The lowest BCUT2D eigenvalue weighted by atomic mass is 10.3. The van der Waals surface area contributed by atoms with Crippen molar-refractivity contribution in [1.29, 1.82) is 0 Å². The lowest BCUT2D eigenvalue weighted by Gasteiger charge is -1.91. The molecule has 0 aliphatic carbocycles. The van der Waals surface area contributed by atoms with Crippen molar-refractivity contribution in [1.82, 2.24) is 9.78 Å². The Labute approximate surface area is 68.1 Å². The molecule has 0 bridgehead atoms. The summed E-state index contributed by atoms with van der Waals surface area (Å²) in [4.78, 5) is 21.2. The summed E-state index contributed by atoms with van der Waals surface area (Å²) in [5.41, 5.74) is 9.78. The van der Waals surface area contributed by atoms with Crippen LogP contribution in [0.4, 0.5) is 0 Å². The number of hydrogen-bond acceptors (Lipinski definition) is 3. The van der Waals surface area contributed by atoms with Gasteiger partial charge in [0.1, 0.15) is 5.69 Å². The van der Waals surface area contributed by atoms with Crippen LogP contribution in [0.3, 0.4) is 0 Å². The summed E-state index contributed by atoms with van der Waals surface area (Å²) in [6.07, 6.45) is 0. The molecule has 12 heavy (non-hydrogen) atoms. The van der Waals surface area contributed by atoms with E-state index in [9.17, 15) is 9.59 Å². The molecule has 0 saturated heterocycles. The van der Waals surface area contributed by atoms with Crippen LogP contribution in [0, 0.1) is 6.07 Å². The highest BCUT2D eigenvalue weighted by atomic mass is 16.2. The fraction of sp³-hybridized carbons (Fsp3) is 0.167. The molecule has 1 radical (unpaired) electrons. The standard InChI is InChI=1S/C6H7N4O2/c1-10-4(6(8)12)2-3(9-10)5(7)11/h1H3,(H2,7,11)(H2,8,12). The zero-order valence-corrected chi connectivity index (χ0v) is 6.37. The predicted octanol–water partition coefficient (Wildman–Crippen LogP) is -1.58. The van der Waals surface area contributed by atoms with Crippen molar-refractivity contribution in [2.75, 3.05) is 0 Å². The van der Waals surface area contributed by atoms with E-state index in [4.69, 9.17) is 11.5 Å². The molecule has 6 heteroatoms. The number of amides is 2. The lowest BCUT2D eigenvalue weighted by molar-refractivity contribution is 0.0985. The van der Waals surface area contributed by atoms with Gasteiger partial charge in [0, 0.05) is 7.05 Å². The number of nitrogens with zero attached hydrogens (tertiary/aromatic N) is 2. The number of aromatic nitrogens is 2. The average Bonchev–Trinajstić information content (AvgIpc) is 2.30. The first-order valence-electron chi connectivity index (χ1n) is 3.08. The molecule has 0 spiro atoms. The van der Waals surface area contributed by atoms with Crippen LogP contribution in [0.15, 0.2) is 0 Å². The lowest BCUT2D eigenvalue weighted by Crippen LogP contribution is -2.15. The first-order valence-corrected chi connectivity index (χ1v) is 3.08. The van der Waals surface area contributed by atoms with Crippen LogP contribution < -0.4 is 11.5 Å². The number of hydrogen-bond donors (Lipinski definition) is 2. The minimum absolute atomic E-state index is 0.0313. The fourth-order valence-electron chi connectivity index (χ4n) is 0.750. The molecule has 2 amide bonds. The van der Waals surface area contributed by atoms with Crippen molar-refractivity contribution in [3.05, 3.63) is 17.5 Å². The van der Waals surface area contributed by atoms with E-state index in [1.54, 1.807) is 0 Å². The Bertz CT molecular complexity index is 341. The van der Waals surface area contributed by atoms with Crippen LogP contribution in [0.25, 0.3) is 0 Å². The number of rotatable bonds is 2. The molecule has 0 fully saturated rings. The minimum Gasteiger partial charge on any atom is -0.364 e. The van der Waals surface area contributed by atoms with Gasteiger partial charge in [0.2, 0.25) is 0 Å². The molecule has 6 nitrogen and oxygen atoms in total. The molecular formula is C6H7N4O2. The Morgan fingerprint density at radius 3 is 2.25 bits per heavy atom. The Hall–Kier alpha value is -1.85. The maximum absolute atomic E-state index is 10.6. The predicted molar refractivity (Wildman–Crippen MR) is 39.1 cm³/mol. The summed E-state index contributed by atoms with van der Waals surface area (Å²) in [5.74, 6) is -1.43. The van der Waals surface area contributed by atoms with Crippen molar-refractivity contribution in [2.45, 2.75) is 0 Å². The van der Waals surface area contributed by atoms with Crippen LogP contribution in [0.5, 0.6) is 0 Å². The van der Waals surface area contributed by atoms with Gasteiger partial charge >= 0.3 is 0 Å². The molecular weight excluding hydrogens is 160 g/mol. The summed E-state index contributed by atoms with van der Waals surface area (Å²) in [6.45, 7) is 0. The van der Waals surface area contributed by atoms with E-state index < -0.39 is 11.8 Å². The number of carbonyl (C=O) groups excluding carboxylic acids is 2. The SMILES string of the molecule is Cn1nc(C(N)=O)[c]c1C(N)=O. The first-order chi connectivity index (χ1) is 5.52. The van der Waals surface area contributed by atoms with Crippen molar-refractivity contribution >= 4 is 11.8 Å². The molecule has 1 aromatic rings. The van der Waals surface area contributed by atoms with Crippen LogP contribution >= 0.6 is 0 Å². The Balaban J connectivity index is 3.17. The Kier molecular flexibility index (Phi) is 1.82. The summed E-state index contributed by atoms with van der Waals surface area (Å²) in [5, 5.41) is 3.62. The highest BCUT2D eigenvalue weighted by Crippen LogP contribution is 1.99. The third-order valence-corrected chi connectivity index (χ3v) is 1.28. The molecule has 63 valence electrons. The van der Waals surface area contributed by atoms with Gasteiger partial charge in [0.15, 0.2) is 5.69 Å². The molecule has 0 unspecified atom stereocenters. The van der Waals surface area contributed by atoms with Gasteiger partial charge in [-0.25, -0.2) is 0 Å². The molecule has 0 aliphatic heterocycles. The van der Waals surface area contributed by atoms with Crippen LogP contribution in [0.2, 0.25) is 0 Å². The van der Waals surface area contributed by atoms with E-state index >= 15 is 0 Å². The van der Waals surface area contributed by atoms with E-state index in [1.165, 1.54) is 7.05 Å². The zero-order valence-electron chi connectivity index (χ0n) is 6.37. The molecule has 4 N–H and O–H groups in total. The van der Waals surface area contributed by atoms with Crippen LogP contribution in [0.1, 0.15) is 21.0 Å². The number of primary amides is 2. The second-order valence-electron chi connectivity index (χ2n) is 2.17. The molecule has 0 saturated carbocycles. The highest BCUT2D eigenvalue weighted by Gasteiger charge is 2.13. The normalized spacial score (nSPS) is 9.75. The monoisotopic (exact) mass is 167 g/mol. The quantitative estimate of drug-likeness (QED) is 0.555. The van der Waals surface area contributed by atoms with E-state index in [2.05, 4.69) is 11.2 Å². The summed E-state index contributed by atoms with van der Waals surface area (Å²) >= 11 is 0. The molecule has 1 rings (SSSR count). The molecule has 0 atom stereocenters. The third-order valence-electron chi connectivity index (χ3n) is 1.28. The maximum Gasteiger partial charge on any atom is 0.269 e. The summed E-state index contributed by atoms with van der Waals surface area (Å²) in [6, 6.07) is 2.38. The molecule has 0 aliphatic rings. The minimum atomic E-state index is -0.738. The van der Waals surface area contributed by atoms with E-state index in [0.29, 0.717) is 0 Å². The molecule has 1 heterocycles. The fourth-order valence-corrected chi connectivity index (χ4v) is 0.750. The van der Waals surface area contributed by atoms with E-state index in [-0.39, 0.29) is 11.4 Å². The van der Waals surface area contributed by atoms with Crippen molar-refractivity contribution in [3.63, 3.8) is 0 Å². The summed E-state index contributed by atoms with van der Waals surface area (Å²) in [7, 11) is 1.48. The van der Waals surface area contributed by atoms with Gasteiger partial charge in [-0.3, -0.25) is 14.3 Å². The van der Waals surface area contributed by atoms with Crippen molar-refractivity contribution in [3.8, 4) is 0 Å². The highest BCUT2D eigenvalue weighted by molar-refractivity contribution is 5.95. The Morgan fingerprint density at radius 2 is 2.00 bits per heavy atom. The van der Waals surface area contributed by atoms with Crippen LogP contribution in [-0.4, -0.2) is 21.6 Å². The number of carbonyl (C=O) groups is 2. The molecule has 1 aromatic heterocycles. The second kappa shape index (κ2) is 2.65. The van der Waals surface area contributed by atoms with Gasteiger partial charge in [0.05, 0.1) is 6.07 Å². The van der Waals surface area contributed by atoms with Crippen molar-refractivity contribution in [2.24, 2.45) is 18.5 Å². The van der Waals surface area contributed by atoms with E-state index in [0.717, 1.165) is 4.68 Å². The number of nitrogens with two attached hydrogens (primary N) is 2. The van der Waals surface area contributed by atoms with Gasteiger partial charge in [-0.05, 0) is 0 Å². The smallest absolute Gasteiger partial charge is 0.269 e. The zero-order chi connectivity index (χ0) is 9.30. The molecule has 0 aromatic carbocycles. The number of aryl methyl sites for hydroxylation is 1.